The molecule has 0 spiro atoms. The Labute approximate surface area is 172 Å². The highest BCUT2D eigenvalue weighted by molar-refractivity contribution is 6.27. The van der Waals surface area contributed by atoms with E-state index in [4.69, 9.17) is 9.47 Å². The number of ketones is 1. The molecule has 5 rings (SSSR count). The SMILES string of the molecule is COc1ccc2c3c(n(CCn4ccnc4)c(=O)c2c1OC)-c1ccccc1C3=O. The molecule has 0 amide bonds. The number of nitrogens with zero attached hydrogens (tertiary/aromatic N) is 3. The number of rotatable bonds is 5. The summed E-state index contributed by atoms with van der Waals surface area (Å²) in [6.45, 7) is 0.927. The molecule has 4 aromatic rings. The van der Waals surface area contributed by atoms with Gasteiger partial charge >= 0.3 is 0 Å². The third kappa shape index (κ3) is 2.48. The van der Waals surface area contributed by atoms with Crippen LogP contribution < -0.4 is 15.0 Å². The van der Waals surface area contributed by atoms with Crippen LogP contribution in [-0.2, 0) is 13.1 Å². The van der Waals surface area contributed by atoms with Crippen LogP contribution in [0.15, 0.2) is 59.9 Å². The van der Waals surface area contributed by atoms with Gasteiger partial charge < -0.3 is 18.6 Å². The van der Waals surface area contributed by atoms with Gasteiger partial charge in [0.05, 0.1) is 37.2 Å². The Kier molecular flexibility index (Phi) is 4.17. The largest absolute Gasteiger partial charge is 0.493 e. The lowest BCUT2D eigenvalue weighted by Crippen LogP contribution is -2.25. The first-order valence-electron chi connectivity index (χ1n) is 9.57. The molecular weight excluding hydrogens is 382 g/mol. The zero-order chi connectivity index (χ0) is 20.8. The Bertz CT molecular complexity index is 1350. The number of carbonyl (C=O) groups excluding carboxylic acids is 1. The van der Waals surface area contributed by atoms with E-state index in [0.717, 1.165) is 5.56 Å². The highest BCUT2D eigenvalue weighted by Gasteiger charge is 2.33. The molecule has 0 unspecified atom stereocenters. The molecule has 1 aliphatic carbocycles. The first-order chi connectivity index (χ1) is 14.7. The fraction of sp³-hybridized carbons (Fsp3) is 0.174. The number of carbonyl (C=O) groups is 1. The van der Waals surface area contributed by atoms with Gasteiger partial charge in [0.25, 0.3) is 5.56 Å². The van der Waals surface area contributed by atoms with E-state index in [1.165, 1.54) is 14.2 Å². The maximum atomic E-state index is 13.7. The predicted octanol–water partition coefficient (Wildman–Crippen LogP) is 3.13. The Hall–Kier alpha value is -3.87. The van der Waals surface area contributed by atoms with Crippen molar-refractivity contribution in [2.45, 2.75) is 13.1 Å². The van der Waals surface area contributed by atoms with Gasteiger partial charge in [-0.25, -0.2) is 4.98 Å². The highest BCUT2D eigenvalue weighted by Crippen LogP contribution is 2.42. The minimum Gasteiger partial charge on any atom is -0.493 e. The highest BCUT2D eigenvalue weighted by atomic mass is 16.5. The molecule has 0 bridgehead atoms. The summed E-state index contributed by atoms with van der Waals surface area (Å²) in [5, 5.41) is 0.926. The fourth-order valence-corrected chi connectivity index (χ4v) is 4.23. The molecule has 1 aliphatic rings. The molecule has 0 radical (unpaired) electrons. The molecule has 2 aromatic heterocycles. The van der Waals surface area contributed by atoms with E-state index < -0.39 is 0 Å². The van der Waals surface area contributed by atoms with Crippen molar-refractivity contribution in [3.63, 3.8) is 0 Å². The van der Waals surface area contributed by atoms with Gasteiger partial charge in [-0.05, 0) is 12.1 Å². The molecule has 0 saturated heterocycles. The standard InChI is InChI=1S/C23H19N3O4/c1-29-17-8-7-16-18-20(14-5-3-4-6-15(14)21(18)27)26(12-11-25-10-9-24-13-25)23(28)19(16)22(17)30-2/h3-10,13H,11-12H2,1-2H3. The number of aromatic nitrogens is 3. The Morgan fingerprint density at radius 1 is 0.967 bits per heavy atom. The maximum Gasteiger partial charge on any atom is 0.262 e. The van der Waals surface area contributed by atoms with E-state index in [-0.39, 0.29) is 11.3 Å². The van der Waals surface area contributed by atoms with Crippen LogP contribution in [0.2, 0.25) is 0 Å². The molecule has 0 aliphatic heterocycles. The first-order valence-corrected chi connectivity index (χ1v) is 9.57. The molecule has 0 saturated carbocycles. The lowest BCUT2D eigenvalue weighted by Gasteiger charge is -2.17. The zero-order valence-corrected chi connectivity index (χ0v) is 16.6. The van der Waals surface area contributed by atoms with Gasteiger partial charge in [0.1, 0.15) is 0 Å². The van der Waals surface area contributed by atoms with Crippen LogP contribution >= 0.6 is 0 Å². The van der Waals surface area contributed by atoms with Crippen molar-refractivity contribution in [1.29, 1.82) is 0 Å². The number of fused-ring (bicyclic) bond motifs is 5. The number of ether oxygens (including phenoxy) is 2. The van der Waals surface area contributed by atoms with Crippen LogP contribution in [-0.4, -0.2) is 34.1 Å². The molecule has 0 atom stereocenters. The minimum absolute atomic E-state index is 0.0887. The van der Waals surface area contributed by atoms with Gasteiger partial charge in [0.15, 0.2) is 17.3 Å². The summed E-state index contributed by atoms with van der Waals surface area (Å²) in [6, 6.07) is 10.9. The number of benzene rings is 2. The minimum atomic E-state index is -0.218. The second-order valence-electron chi connectivity index (χ2n) is 7.08. The van der Waals surface area contributed by atoms with E-state index in [2.05, 4.69) is 4.98 Å². The molecule has 30 heavy (non-hydrogen) atoms. The summed E-state index contributed by atoms with van der Waals surface area (Å²) >= 11 is 0. The van der Waals surface area contributed by atoms with E-state index in [9.17, 15) is 9.59 Å². The van der Waals surface area contributed by atoms with Crippen molar-refractivity contribution in [3.05, 3.63) is 76.6 Å². The topological polar surface area (TPSA) is 75.3 Å². The Morgan fingerprint density at radius 3 is 2.47 bits per heavy atom. The van der Waals surface area contributed by atoms with E-state index in [0.29, 0.717) is 52.2 Å². The summed E-state index contributed by atoms with van der Waals surface area (Å²) in [7, 11) is 3.02. The van der Waals surface area contributed by atoms with Gasteiger partial charge in [-0.2, -0.15) is 0 Å². The van der Waals surface area contributed by atoms with Gasteiger partial charge in [0.2, 0.25) is 0 Å². The number of pyridine rings is 1. The van der Waals surface area contributed by atoms with Crippen molar-refractivity contribution in [3.8, 4) is 22.8 Å². The monoisotopic (exact) mass is 401 g/mol. The molecule has 0 fully saturated rings. The molecule has 2 heterocycles. The second kappa shape index (κ2) is 6.88. The number of imidazole rings is 1. The van der Waals surface area contributed by atoms with Crippen LogP contribution in [0, 0.1) is 0 Å². The summed E-state index contributed by atoms with van der Waals surface area (Å²) in [5.74, 6) is 0.698. The Morgan fingerprint density at radius 2 is 1.77 bits per heavy atom. The molecule has 150 valence electrons. The Balaban J connectivity index is 1.86. The fourth-order valence-electron chi connectivity index (χ4n) is 4.23. The van der Waals surface area contributed by atoms with Crippen molar-refractivity contribution < 1.29 is 14.3 Å². The van der Waals surface area contributed by atoms with Gasteiger partial charge in [0, 0.05) is 42.0 Å². The molecule has 7 nitrogen and oxygen atoms in total. The van der Waals surface area contributed by atoms with Crippen LogP contribution in [0.4, 0.5) is 0 Å². The smallest absolute Gasteiger partial charge is 0.262 e. The third-order valence-electron chi connectivity index (χ3n) is 5.58. The van der Waals surface area contributed by atoms with Crippen molar-refractivity contribution in [1.82, 2.24) is 14.1 Å². The van der Waals surface area contributed by atoms with Gasteiger partial charge in [-0.3, -0.25) is 9.59 Å². The molecular formula is C23H19N3O4. The van der Waals surface area contributed by atoms with Crippen LogP contribution in [0.25, 0.3) is 22.0 Å². The summed E-state index contributed by atoms with van der Waals surface area (Å²) in [4.78, 5) is 31.1. The molecule has 0 N–H and O–H groups in total. The van der Waals surface area contributed by atoms with E-state index in [1.807, 2.05) is 29.0 Å². The number of hydrogen-bond donors (Lipinski definition) is 0. The number of aryl methyl sites for hydroxylation is 1. The lowest BCUT2D eigenvalue weighted by molar-refractivity contribution is 0.104. The van der Waals surface area contributed by atoms with Crippen LogP contribution in [0.5, 0.6) is 11.5 Å². The quantitative estimate of drug-likeness (QED) is 0.452. The van der Waals surface area contributed by atoms with Crippen molar-refractivity contribution in [2.24, 2.45) is 0 Å². The van der Waals surface area contributed by atoms with Crippen molar-refractivity contribution >= 4 is 16.6 Å². The van der Waals surface area contributed by atoms with E-state index >= 15 is 0 Å². The second-order valence-corrected chi connectivity index (χ2v) is 7.08. The van der Waals surface area contributed by atoms with Gasteiger partial charge in [-0.15, -0.1) is 0 Å². The molecule has 2 aromatic carbocycles. The predicted molar refractivity (Wildman–Crippen MR) is 112 cm³/mol. The summed E-state index contributed by atoms with van der Waals surface area (Å²) in [5.41, 5.74) is 2.34. The third-order valence-corrected chi connectivity index (χ3v) is 5.58. The van der Waals surface area contributed by atoms with E-state index in [1.54, 1.807) is 35.3 Å². The normalized spacial score (nSPS) is 12.1. The average molecular weight is 401 g/mol. The first kappa shape index (κ1) is 18.2. The number of hydrogen-bond acceptors (Lipinski definition) is 5. The lowest BCUT2D eigenvalue weighted by atomic mass is 10.0. The van der Waals surface area contributed by atoms with Crippen LogP contribution in [0.1, 0.15) is 15.9 Å². The van der Waals surface area contributed by atoms with Crippen molar-refractivity contribution in [2.75, 3.05) is 14.2 Å². The zero-order valence-electron chi connectivity index (χ0n) is 16.6. The summed E-state index contributed by atoms with van der Waals surface area (Å²) in [6.07, 6.45) is 5.24. The van der Waals surface area contributed by atoms with Gasteiger partial charge in [-0.1, -0.05) is 24.3 Å². The molecule has 7 heteroatoms. The number of methoxy groups -OCH3 is 2. The van der Waals surface area contributed by atoms with Crippen LogP contribution in [0.3, 0.4) is 0 Å². The maximum absolute atomic E-state index is 13.7. The summed E-state index contributed by atoms with van der Waals surface area (Å²) < 4.78 is 14.5. The average Bonchev–Trinajstić information content (AvgIpc) is 3.40.